The minimum absolute atomic E-state index is 0.314. The number of halogens is 1. The van der Waals surface area contributed by atoms with Crippen molar-refractivity contribution in [1.29, 1.82) is 0 Å². The van der Waals surface area contributed by atoms with E-state index in [1.807, 2.05) is 24.4 Å². The van der Waals surface area contributed by atoms with Gasteiger partial charge in [-0.3, -0.25) is 18.3 Å². The highest BCUT2D eigenvalue weighted by atomic mass is 79.9. The average Bonchev–Trinajstić information content (AvgIpc) is 3.23. The van der Waals surface area contributed by atoms with Gasteiger partial charge in [-0.1, -0.05) is 18.2 Å². The maximum atomic E-state index is 12.8. The van der Waals surface area contributed by atoms with Crippen molar-refractivity contribution in [3.05, 3.63) is 61.8 Å². The van der Waals surface area contributed by atoms with E-state index in [0.29, 0.717) is 16.9 Å². The van der Waals surface area contributed by atoms with Gasteiger partial charge in [0.2, 0.25) is 5.78 Å². The third kappa shape index (κ3) is 4.04. The molecule has 0 radical (unpaired) electrons. The minimum Gasteiger partial charge on any atom is -0.325 e. The molecular weight excluding hydrogens is 500 g/mol. The van der Waals surface area contributed by atoms with Gasteiger partial charge in [-0.25, -0.2) is 4.79 Å². The summed E-state index contributed by atoms with van der Waals surface area (Å²) < 4.78 is 4.85. The van der Waals surface area contributed by atoms with E-state index < -0.39 is 11.2 Å². The van der Waals surface area contributed by atoms with Crippen molar-refractivity contribution in [2.24, 2.45) is 14.1 Å². The lowest BCUT2D eigenvalue weighted by atomic mass is 10.2. The average molecular weight is 527 g/mol. The van der Waals surface area contributed by atoms with E-state index in [2.05, 4.69) is 48.2 Å². The molecule has 0 unspecified atom stereocenters. The van der Waals surface area contributed by atoms with E-state index >= 15 is 0 Å². The molecule has 1 aromatic carbocycles. The number of hydrogen-bond acceptors (Lipinski definition) is 7. The Morgan fingerprint density at radius 2 is 1.79 bits per heavy atom. The SMILES string of the molecule is Cn1c(=O)c2c(nc3nc(N(CCCN4CCNCC4)c4ccccc4)c(Br)cn32)n(C)c1=O. The van der Waals surface area contributed by atoms with Crippen molar-refractivity contribution in [1.82, 2.24) is 33.7 Å². The third-order valence-corrected chi connectivity index (χ3v) is 6.88. The molecule has 0 saturated carbocycles. The molecule has 0 atom stereocenters. The van der Waals surface area contributed by atoms with Gasteiger partial charge in [0.25, 0.3) is 5.56 Å². The fourth-order valence-corrected chi connectivity index (χ4v) is 4.97. The van der Waals surface area contributed by atoms with Crippen LogP contribution in [0.15, 0.2) is 50.6 Å². The molecule has 178 valence electrons. The number of hydrogen-bond donors (Lipinski definition) is 1. The van der Waals surface area contributed by atoms with Gasteiger partial charge in [-0.2, -0.15) is 9.97 Å². The van der Waals surface area contributed by atoms with Crippen molar-refractivity contribution in [2.45, 2.75) is 6.42 Å². The number of fused-ring (bicyclic) bond motifs is 3. The maximum Gasteiger partial charge on any atom is 0.332 e. The van der Waals surface area contributed by atoms with Gasteiger partial charge >= 0.3 is 5.69 Å². The summed E-state index contributed by atoms with van der Waals surface area (Å²) in [5, 5.41) is 3.39. The molecule has 0 aliphatic carbocycles. The molecular formula is C23H27BrN8O2. The Balaban J connectivity index is 1.57. The summed E-state index contributed by atoms with van der Waals surface area (Å²) >= 11 is 3.68. The highest BCUT2D eigenvalue weighted by molar-refractivity contribution is 9.10. The summed E-state index contributed by atoms with van der Waals surface area (Å²) in [7, 11) is 3.08. The molecule has 3 aromatic heterocycles. The smallest absolute Gasteiger partial charge is 0.325 e. The Labute approximate surface area is 204 Å². The Hall–Kier alpha value is -3.02. The molecule has 1 aliphatic rings. The minimum atomic E-state index is -0.418. The summed E-state index contributed by atoms with van der Waals surface area (Å²) in [6.45, 7) is 5.97. The van der Waals surface area contributed by atoms with Gasteiger partial charge < -0.3 is 15.1 Å². The molecule has 1 aliphatic heterocycles. The van der Waals surface area contributed by atoms with Crippen LogP contribution in [0.3, 0.4) is 0 Å². The van der Waals surface area contributed by atoms with E-state index in [1.54, 1.807) is 11.4 Å². The van der Waals surface area contributed by atoms with Crippen molar-refractivity contribution >= 4 is 44.4 Å². The fourth-order valence-electron chi connectivity index (χ4n) is 4.47. The lowest BCUT2D eigenvalue weighted by Gasteiger charge is -2.29. The number of nitrogens with zero attached hydrogens (tertiary/aromatic N) is 7. The van der Waals surface area contributed by atoms with Crippen LogP contribution in [0.5, 0.6) is 0 Å². The van der Waals surface area contributed by atoms with Crippen LogP contribution in [0.25, 0.3) is 16.9 Å². The van der Waals surface area contributed by atoms with Crippen molar-refractivity contribution in [3.8, 4) is 0 Å². The van der Waals surface area contributed by atoms with E-state index in [0.717, 1.165) is 66.2 Å². The first-order valence-corrected chi connectivity index (χ1v) is 12.1. The second kappa shape index (κ2) is 9.32. The number of anilines is 2. The number of aryl methyl sites for hydroxylation is 1. The first-order chi connectivity index (χ1) is 16.5. The zero-order chi connectivity index (χ0) is 23.8. The molecule has 4 aromatic rings. The monoisotopic (exact) mass is 526 g/mol. The van der Waals surface area contributed by atoms with Crippen LogP contribution in [0.1, 0.15) is 6.42 Å². The van der Waals surface area contributed by atoms with Gasteiger partial charge in [-0.15, -0.1) is 0 Å². The second-order valence-corrected chi connectivity index (χ2v) is 9.36. The highest BCUT2D eigenvalue weighted by Gasteiger charge is 2.21. The van der Waals surface area contributed by atoms with Crippen molar-refractivity contribution < 1.29 is 0 Å². The van der Waals surface area contributed by atoms with Gasteiger partial charge in [-0.05, 0) is 41.0 Å². The fraction of sp³-hybridized carbons (Fsp3) is 0.391. The summed E-state index contributed by atoms with van der Waals surface area (Å²) in [5.74, 6) is 1.09. The van der Waals surface area contributed by atoms with Crippen LogP contribution >= 0.6 is 15.9 Å². The predicted molar refractivity (Wildman–Crippen MR) is 136 cm³/mol. The van der Waals surface area contributed by atoms with Crippen LogP contribution in [0, 0.1) is 0 Å². The van der Waals surface area contributed by atoms with Crippen LogP contribution in [-0.2, 0) is 14.1 Å². The largest absolute Gasteiger partial charge is 0.332 e. The molecule has 1 saturated heterocycles. The van der Waals surface area contributed by atoms with Gasteiger partial charge in [0, 0.05) is 58.7 Å². The van der Waals surface area contributed by atoms with Gasteiger partial charge in [0.15, 0.2) is 17.0 Å². The summed E-state index contributed by atoms with van der Waals surface area (Å²) in [6, 6.07) is 10.1. The zero-order valence-corrected chi connectivity index (χ0v) is 20.8. The van der Waals surface area contributed by atoms with Crippen LogP contribution < -0.4 is 21.5 Å². The van der Waals surface area contributed by atoms with Gasteiger partial charge in [0.05, 0.1) is 4.47 Å². The maximum absolute atomic E-state index is 12.8. The second-order valence-electron chi connectivity index (χ2n) is 8.50. The highest BCUT2D eigenvalue weighted by Crippen LogP contribution is 2.31. The number of nitrogens with one attached hydrogen (secondary N) is 1. The molecule has 11 heteroatoms. The lowest BCUT2D eigenvalue weighted by Crippen LogP contribution is -2.44. The number of piperazine rings is 1. The Morgan fingerprint density at radius 3 is 2.53 bits per heavy atom. The molecule has 34 heavy (non-hydrogen) atoms. The number of aromatic nitrogens is 5. The predicted octanol–water partition coefficient (Wildman–Crippen LogP) is 1.48. The number of benzene rings is 1. The third-order valence-electron chi connectivity index (χ3n) is 6.32. The summed E-state index contributed by atoms with van der Waals surface area (Å²) in [5.41, 5.74) is 0.848. The van der Waals surface area contributed by atoms with E-state index in [-0.39, 0.29) is 0 Å². The number of para-hydroxylation sites is 1. The van der Waals surface area contributed by atoms with E-state index in [1.165, 1.54) is 11.6 Å². The summed E-state index contributed by atoms with van der Waals surface area (Å²) in [6.07, 6.45) is 2.78. The molecule has 10 nitrogen and oxygen atoms in total. The van der Waals surface area contributed by atoms with Crippen LogP contribution in [-0.4, -0.2) is 67.7 Å². The van der Waals surface area contributed by atoms with Crippen molar-refractivity contribution in [3.63, 3.8) is 0 Å². The van der Waals surface area contributed by atoms with Crippen LogP contribution in [0.4, 0.5) is 11.5 Å². The van der Waals surface area contributed by atoms with Crippen molar-refractivity contribution in [2.75, 3.05) is 44.2 Å². The first kappa shape index (κ1) is 22.8. The number of rotatable bonds is 6. The standard InChI is InChI=1S/C23H27BrN8O2/c1-28-20-18(21(33)29(2)23(28)34)32-15-17(24)19(26-22(32)27-20)31(16-7-4-3-5-8-16)12-6-11-30-13-9-25-10-14-30/h3-5,7-8,15,25H,6,9-14H2,1-2H3. The van der Waals surface area contributed by atoms with Crippen LogP contribution in [0.2, 0.25) is 0 Å². The van der Waals surface area contributed by atoms with E-state index in [4.69, 9.17) is 4.98 Å². The molecule has 0 amide bonds. The lowest BCUT2D eigenvalue weighted by molar-refractivity contribution is 0.239. The molecule has 0 spiro atoms. The molecule has 1 N–H and O–H groups in total. The van der Waals surface area contributed by atoms with Gasteiger partial charge in [0.1, 0.15) is 0 Å². The quantitative estimate of drug-likeness (QED) is 0.406. The first-order valence-electron chi connectivity index (χ1n) is 11.4. The molecule has 4 heterocycles. The Morgan fingerprint density at radius 1 is 1.06 bits per heavy atom. The Kier molecular flexibility index (Phi) is 6.24. The summed E-state index contributed by atoms with van der Waals surface area (Å²) in [4.78, 5) is 39.3. The Bertz CT molecular complexity index is 1450. The molecule has 0 bridgehead atoms. The molecule has 1 fully saturated rings. The normalized spacial score (nSPS) is 14.8. The zero-order valence-electron chi connectivity index (χ0n) is 19.2. The van der Waals surface area contributed by atoms with E-state index in [9.17, 15) is 9.59 Å². The number of imidazole rings is 1. The topological polar surface area (TPSA) is 92.7 Å². The molecule has 5 rings (SSSR count).